The summed E-state index contributed by atoms with van der Waals surface area (Å²) in [5.74, 6) is 1.62. The van der Waals surface area contributed by atoms with Crippen molar-refractivity contribution in [2.24, 2.45) is 5.92 Å². The maximum Gasteiger partial charge on any atom is 0.138 e. The van der Waals surface area contributed by atoms with Crippen molar-refractivity contribution in [3.63, 3.8) is 0 Å². The van der Waals surface area contributed by atoms with Gasteiger partial charge >= 0.3 is 0 Å². The number of hydrogen-bond donors (Lipinski definition) is 2. The normalized spacial score (nSPS) is 18.4. The SMILES string of the molecule is CCC(CC1CC1)n1c(C(C)O)nc2cc(N)ccc21. The van der Waals surface area contributed by atoms with Crippen molar-refractivity contribution < 1.29 is 5.11 Å². The first-order valence-corrected chi connectivity index (χ1v) is 7.55. The third kappa shape index (κ3) is 2.40. The van der Waals surface area contributed by atoms with Crippen molar-refractivity contribution in [2.75, 3.05) is 5.73 Å². The average Bonchev–Trinajstić information content (AvgIpc) is 3.15. The zero-order valence-corrected chi connectivity index (χ0v) is 12.2. The van der Waals surface area contributed by atoms with Crippen LogP contribution in [0.5, 0.6) is 0 Å². The lowest BCUT2D eigenvalue weighted by Gasteiger charge is -2.21. The van der Waals surface area contributed by atoms with E-state index in [9.17, 15) is 5.11 Å². The molecule has 1 saturated carbocycles. The Balaban J connectivity index is 2.11. The topological polar surface area (TPSA) is 64.1 Å². The average molecular weight is 273 g/mol. The standard InChI is InChI=1S/C16H23N3O/c1-3-13(8-11-4-5-11)19-15-7-6-12(17)9-14(15)18-16(19)10(2)20/h6-7,9-11,13,20H,3-5,8,17H2,1-2H3. The van der Waals surface area contributed by atoms with Crippen LogP contribution >= 0.6 is 0 Å². The van der Waals surface area contributed by atoms with Crippen LogP contribution in [0.25, 0.3) is 11.0 Å². The first-order chi connectivity index (χ1) is 9.60. The highest BCUT2D eigenvalue weighted by Gasteiger charge is 2.28. The summed E-state index contributed by atoms with van der Waals surface area (Å²) < 4.78 is 2.23. The van der Waals surface area contributed by atoms with E-state index in [-0.39, 0.29) is 0 Å². The largest absolute Gasteiger partial charge is 0.399 e. The molecule has 4 heteroatoms. The van der Waals surface area contributed by atoms with Gasteiger partial charge in [-0.15, -0.1) is 0 Å². The Morgan fingerprint density at radius 3 is 2.80 bits per heavy atom. The first kappa shape index (κ1) is 13.4. The fourth-order valence-electron chi connectivity index (χ4n) is 3.01. The van der Waals surface area contributed by atoms with Gasteiger partial charge in [-0.2, -0.15) is 0 Å². The Morgan fingerprint density at radius 2 is 2.20 bits per heavy atom. The lowest BCUT2D eigenvalue weighted by molar-refractivity contribution is 0.180. The van der Waals surface area contributed by atoms with Gasteiger partial charge in [0.15, 0.2) is 0 Å². The van der Waals surface area contributed by atoms with Gasteiger partial charge in [0.2, 0.25) is 0 Å². The van der Waals surface area contributed by atoms with Gasteiger partial charge in [-0.1, -0.05) is 19.8 Å². The summed E-state index contributed by atoms with van der Waals surface area (Å²) in [6, 6.07) is 6.25. The van der Waals surface area contributed by atoms with E-state index in [1.54, 1.807) is 6.92 Å². The van der Waals surface area contributed by atoms with Gasteiger partial charge in [0.05, 0.1) is 11.0 Å². The zero-order valence-electron chi connectivity index (χ0n) is 12.2. The Kier molecular flexibility index (Phi) is 3.42. The van der Waals surface area contributed by atoms with Gasteiger partial charge < -0.3 is 15.4 Å². The van der Waals surface area contributed by atoms with Crippen molar-refractivity contribution in [3.8, 4) is 0 Å². The molecular weight excluding hydrogens is 250 g/mol. The molecule has 1 aliphatic carbocycles. The van der Waals surface area contributed by atoms with E-state index in [1.165, 1.54) is 19.3 Å². The van der Waals surface area contributed by atoms with Gasteiger partial charge in [0, 0.05) is 11.7 Å². The van der Waals surface area contributed by atoms with Gasteiger partial charge in [-0.05, 0) is 43.9 Å². The number of aromatic nitrogens is 2. The number of aliphatic hydroxyl groups excluding tert-OH is 1. The fourth-order valence-corrected chi connectivity index (χ4v) is 3.01. The second kappa shape index (κ2) is 5.09. The van der Waals surface area contributed by atoms with Crippen molar-refractivity contribution in [1.82, 2.24) is 9.55 Å². The molecule has 0 aliphatic heterocycles. The lowest BCUT2D eigenvalue weighted by Crippen LogP contribution is -2.14. The van der Waals surface area contributed by atoms with E-state index >= 15 is 0 Å². The van der Waals surface area contributed by atoms with Crippen LogP contribution in [0.15, 0.2) is 18.2 Å². The number of anilines is 1. The van der Waals surface area contributed by atoms with Crippen molar-refractivity contribution in [3.05, 3.63) is 24.0 Å². The summed E-state index contributed by atoms with van der Waals surface area (Å²) >= 11 is 0. The molecule has 0 bridgehead atoms. The molecule has 2 unspecified atom stereocenters. The molecule has 3 N–H and O–H groups in total. The van der Waals surface area contributed by atoms with Gasteiger partial charge in [-0.3, -0.25) is 0 Å². The number of hydrogen-bond acceptors (Lipinski definition) is 3. The molecule has 3 rings (SSSR count). The molecule has 0 radical (unpaired) electrons. The number of benzene rings is 1. The highest BCUT2D eigenvalue weighted by atomic mass is 16.3. The fraction of sp³-hybridized carbons (Fsp3) is 0.562. The minimum atomic E-state index is -0.558. The van der Waals surface area contributed by atoms with Crippen LogP contribution in [0, 0.1) is 5.92 Å². The van der Waals surface area contributed by atoms with E-state index < -0.39 is 6.10 Å². The molecule has 1 aromatic carbocycles. The molecule has 20 heavy (non-hydrogen) atoms. The Labute approximate surface area is 119 Å². The predicted octanol–water partition coefficient (Wildman–Crippen LogP) is 3.42. The number of nitrogens with zero attached hydrogens (tertiary/aromatic N) is 2. The summed E-state index contributed by atoms with van der Waals surface area (Å²) in [4.78, 5) is 4.60. The van der Waals surface area contributed by atoms with E-state index in [2.05, 4.69) is 16.5 Å². The van der Waals surface area contributed by atoms with Crippen molar-refractivity contribution >= 4 is 16.7 Å². The summed E-state index contributed by atoms with van der Waals surface area (Å²) in [6.45, 7) is 3.99. The molecule has 1 fully saturated rings. The molecule has 0 saturated heterocycles. The van der Waals surface area contributed by atoms with Gasteiger partial charge in [-0.25, -0.2) is 4.98 Å². The van der Waals surface area contributed by atoms with Gasteiger partial charge in [0.1, 0.15) is 11.9 Å². The third-order valence-electron chi connectivity index (χ3n) is 4.25. The molecule has 1 aliphatic rings. The van der Waals surface area contributed by atoms with Crippen LogP contribution in [-0.2, 0) is 0 Å². The van der Waals surface area contributed by atoms with E-state index in [1.807, 2.05) is 18.2 Å². The van der Waals surface area contributed by atoms with Crippen molar-refractivity contribution in [1.29, 1.82) is 0 Å². The molecule has 0 amide bonds. The van der Waals surface area contributed by atoms with Crippen molar-refractivity contribution in [2.45, 2.75) is 51.7 Å². The number of nitrogen functional groups attached to an aromatic ring is 1. The molecule has 108 valence electrons. The second-order valence-electron chi connectivity index (χ2n) is 6.01. The summed E-state index contributed by atoms with van der Waals surface area (Å²) in [7, 11) is 0. The monoisotopic (exact) mass is 273 g/mol. The summed E-state index contributed by atoms with van der Waals surface area (Å²) in [6.07, 6.45) is 4.38. The van der Waals surface area contributed by atoms with E-state index in [0.29, 0.717) is 6.04 Å². The Bertz CT molecular complexity index is 613. The lowest BCUT2D eigenvalue weighted by atomic mass is 10.1. The Morgan fingerprint density at radius 1 is 1.45 bits per heavy atom. The van der Waals surface area contributed by atoms with Crippen LogP contribution in [0.1, 0.15) is 57.5 Å². The number of imidazole rings is 1. The molecule has 2 aromatic rings. The zero-order chi connectivity index (χ0) is 14.3. The minimum Gasteiger partial charge on any atom is -0.399 e. The van der Waals surface area contributed by atoms with Crippen LogP contribution in [0.4, 0.5) is 5.69 Å². The molecule has 4 nitrogen and oxygen atoms in total. The third-order valence-corrected chi connectivity index (χ3v) is 4.25. The number of nitrogens with two attached hydrogens (primary N) is 1. The molecule has 2 atom stereocenters. The van der Waals surface area contributed by atoms with E-state index in [0.717, 1.165) is 34.9 Å². The predicted molar refractivity (Wildman–Crippen MR) is 81.4 cm³/mol. The quantitative estimate of drug-likeness (QED) is 0.820. The van der Waals surface area contributed by atoms with Crippen LogP contribution in [-0.4, -0.2) is 14.7 Å². The Hall–Kier alpha value is -1.55. The number of aliphatic hydroxyl groups is 1. The number of fused-ring (bicyclic) bond motifs is 1. The highest BCUT2D eigenvalue weighted by molar-refractivity contribution is 5.80. The molecule has 1 heterocycles. The second-order valence-corrected chi connectivity index (χ2v) is 6.01. The maximum atomic E-state index is 10.1. The minimum absolute atomic E-state index is 0.417. The van der Waals surface area contributed by atoms with E-state index in [4.69, 9.17) is 5.73 Å². The number of rotatable bonds is 5. The van der Waals surface area contributed by atoms with Crippen LogP contribution in [0.2, 0.25) is 0 Å². The summed E-state index contributed by atoms with van der Waals surface area (Å²) in [5, 5.41) is 10.1. The molecule has 1 aromatic heterocycles. The molecular formula is C16H23N3O. The first-order valence-electron chi connectivity index (χ1n) is 7.55. The van der Waals surface area contributed by atoms with Gasteiger partial charge in [0.25, 0.3) is 0 Å². The van der Waals surface area contributed by atoms with Crippen LogP contribution < -0.4 is 5.73 Å². The highest BCUT2D eigenvalue weighted by Crippen LogP contribution is 2.40. The smallest absolute Gasteiger partial charge is 0.138 e. The summed E-state index contributed by atoms with van der Waals surface area (Å²) in [5.41, 5.74) is 8.53. The maximum absolute atomic E-state index is 10.1. The molecule has 0 spiro atoms. The van der Waals surface area contributed by atoms with Crippen LogP contribution in [0.3, 0.4) is 0 Å².